The standard InChI is InChI=1S/C18H26F3N3O2/c1-7-13(10-8-9-12(2)3)23-15(18(19,20)21)14(11-22)24-16(25)26-17(4,5)6/h7-12,22-23H,1H2,2-6H3,(H,24,25)/b9-8-,13-10+,15-14+,22-11?. The molecule has 8 heteroatoms. The smallest absolute Gasteiger partial charge is 0.433 e. The van der Waals surface area contributed by atoms with Crippen LogP contribution in [0.3, 0.4) is 0 Å². The van der Waals surface area contributed by atoms with Gasteiger partial charge in [-0.2, -0.15) is 13.2 Å². The number of alkyl carbamates (subject to hydrolysis) is 1. The second-order valence-electron chi connectivity index (χ2n) is 6.64. The normalized spacial score (nSPS) is 14.1. The van der Waals surface area contributed by atoms with Crippen LogP contribution >= 0.6 is 0 Å². The van der Waals surface area contributed by atoms with Crippen LogP contribution in [0.5, 0.6) is 0 Å². The van der Waals surface area contributed by atoms with E-state index in [1.54, 1.807) is 32.9 Å². The third-order valence-corrected chi connectivity index (χ3v) is 2.59. The number of halogens is 3. The molecule has 0 radical (unpaired) electrons. The molecular formula is C18H26F3N3O2. The molecule has 0 aliphatic rings. The molecule has 0 bridgehead atoms. The van der Waals surface area contributed by atoms with E-state index < -0.39 is 29.3 Å². The minimum atomic E-state index is -4.84. The highest BCUT2D eigenvalue weighted by Gasteiger charge is 2.37. The number of hydrogen-bond acceptors (Lipinski definition) is 4. The Morgan fingerprint density at radius 2 is 1.77 bits per heavy atom. The van der Waals surface area contributed by atoms with Crippen molar-refractivity contribution in [2.24, 2.45) is 5.92 Å². The summed E-state index contributed by atoms with van der Waals surface area (Å²) in [7, 11) is 0. The van der Waals surface area contributed by atoms with Crippen LogP contribution in [0.1, 0.15) is 34.6 Å². The van der Waals surface area contributed by atoms with Crippen LogP contribution in [0.15, 0.2) is 48.0 Å². The van der Waals surface area contributed by atoms with Gasteiger partial charge in [0.15, 0.2) is 0 Å². The van der Waals surface area contributed by atoms with Gasteiger partial charge in [-0.15, -0.1) is 0 Å². The fourth-order valence-corrected chi connectivity index (χ4v) is 1.56. The van der Waals surface area contributed by atoms with Gasteiger partial charge in [0.05, 0.1) is 5.70 Å². The summed E-state index contributed by atoms with van der Waals surface area (Å²) in [5.74, 6) is 0.223. The van der Waals surface area contributed by atoms with Crippen LogP contribution in [0, 0.1) is 11.3 Å². The molecule has 26 heavy (non-hydrogen) atoms. The Labute approximate surface area is 152 Å². The van der Waals surface area contributed by atoms with Crippen molar-refractivity contribution in [3.63, 3.8) is 0 Å². The summed E-state index contributed by atoms with van der Waals surface area (Å²) < 4.78 is 45.1. The molecule has 0 atom stereocenters. The predicted octanol–water partition coefficient (Wildman–Crippen LogP) is 4.81. The predicted molar refractivity (Wildman–Crippen MR) is 96.6 cm³/mol. The molecule has 0 saturated carbocycles. The van der Waals surface area contributed by atoms with Crippen LogP contribution in [0.2, 0.25) is 0 Å². The molecule has 0 heterocycles. The van der Waals surface area contributed by atoms with Crippen molar-refractivity contribution in [1.82, 2.24) is 10.6 Å². The fourth-order valence-electron chi connectivity index (χ4n) is 1.56. The van der Waals surface area contributed by atoms with Gasteiger partial charge < -0.3 is 15.5 Å². The molecule has 0 fully saturated rings. The first-order valence-corrected chi connectivity index (χ1v) is 7.90. The van der Waals surface area contributed by atoms with Crippen molar-refractivity contribution in [2.75, 3.05) is 0 Å². The maximum Gasteiger partial charge on any atom is 0.433 e. The van der Waals surface area contributed by atoms with Gasteiger partial charge in [-0.25, -0.2) is 4.79 Å². The lowest BCUT2D eigenvalue weighted by molar-refractivity contribution is -0.0964. The summed E-state index contributed by atoms with van der Waals surface area (Å²) in [6.07, 6.45) is 0.450. The van der Waals surface area contributed by atoms with Crippen LogP contribution in [-0.4, -0.2) is 24.1 Å². The average molecular weight is 373 g/mol. The average Bonchev–Trinajstić information content (AvgIpc) is 2.45. The van der Waals surface area contributed by atoms with Crippen LogP contribution in [0.4, 0.5) is 18.0 Å². The third kappa shape index (κ3) is 9.71. The number of hydrogen-bond donors (Lipinski definition) is 3. The lowest BCUT2D eigenvalue weighted by Crippen LogP contribution is -2.37. The van der Waals surface area contributed by atoms with E-state index in [-0.39, 0.29) is 11.6 Å². The number of allylic oxidation sites excluding steroid dienone is 6. The zero-order valence-corrected chi connectivity index (χ0v) is 15.6. The van der Waals surface area contributed by atoms with Gasteiger partial charge in [-0.3, -0.25) is 5.32 Å². The lowest BCUT2D eigenvalue weighted by atomic mass is 10.2. The first kappa shape index (κ1) is 23.5. The molecule has 0 spiro atoms. The molecular weight excluding hydrogens is 347 g/mol. The summed E-state index contributed by atoms with van der Waals surface area (Å²) in [4.78, 5) is 11.7. The molecule has 0 saturated heterocycles. The fraction of sp³-hybridized carbons (Fsp3) is 0.444. The van der Waals surface area contributed by atoms with Crippen LogP contribution in [-0.2, 0) is 4.74 Å². The van der Waals surface area contributed by atoms with Crippen LogP contribution in [0.25, 0.3) is 0 Å². The van der Waals surface area contributed by atoms with E-state index >= 15 is 0 Å². The zero-order valence-electron chi connectivity index (χ0n) is 15.6. The summed E-state index contributed by atoms with van der Waals surface area (Å²) in [5.41, 5.74) is -2.91. The second-order valence-corrected chi connectivity index (χ2v) is 6.64. The van der Waals surface area contributed by atoms with E-state index in [4.69, 9.17) is 10.1 Å². The van der Waals surface area contributed by atoms with E-state index in [2.05, 4.69) is 11.9 Å². The maximum absolute atomic E-state index is 13.4. The van der Waals surface area contributed by atoms with Gasteiger partial charge in [0, 0.05) is 11.9 Å². The molecule has 0 aromatic carbocycles. The molecule has 0 aliphatic heterocycles. The molecule has 5 nitrogen and oxygen atoms in total. The van der Waals surface area contributed by atoms with Crippen molar-refractivity contribution in [1.29, 1.82) is 5.41 Å². The molecule has 0 aromatic rings. The third-order valence-electron chi connectivity index (χ3n) is 2.59. The van der Waals surface area contributed by atoms with Crippen molar-refractivity contribution in [3.8, 4) is 0 Å². The van der Waals surface area contributed by atoms with Crippen LogP contribution < -0.4 is 10.6 Å². The Hall–Kier alpha value is -2.51. The highest BCUT2D eigenvalue weighted by atomic mass is 19.4. The van der Waals surface area contributed by atoms with Crippen molar-refractivity contribution in [3.05, 3.63) is 48.0 Å². The summed E-state index contributed by atoms with van der Waals surface area (Å²) in [5, 5.41) is 11.3. The molecule has 0 aliphatic carbocycles. The Kier molecular flexibility index (Phi) is 8.89. The van der Waals surface area contributed by atoms with Gasteiger partial charge in [0.25, 0.3) is 0 Å². The highest BCUT2D eigenvalue weighted by molar-refractivity contribution is 5.84. The Morgan fingerprint density at radius 3 is 2.15 bits per heavy atom. The lowest BCUT2D eigenvalue weighted by Gasteiger charge is -2.22. The number of alkyl halides is 3. The zero-order chi connectivity index (χ0) is 20.5. The number of amides is 1. The van der Waals surface area contributed by atoms with E-state index in [0.717, 1.165) is 0 Å². The molecule has 0 rings (SSSR count). The first-order chi connectivity index (χ1) is 11.8. The van der Waals surface area contributed by atoms with Crippen molar-refractivity contribution in [2.45, 2.75) is 46.4 Å². The van der Waals surface area contributed by atoms with E-state index in [1.165, 1.54) is 12.2 Å². The van der Waals surface area contributed by atoms with Crippen molar-refractivity contribution < 1.29 is 22.7 Å². The maximum atomic E-state index is 13.4. The van der Waals surface area contributed by atoms with Crippen molar-refractivity contribution >= 4 is 12.3 Å². The van der Waals surface area contributed by atoms with Gasteiger partial charge >= 0.3 is 12.3 Å². The Bertz CT molecular complexity index is 610. The number of ether oxygens (including phenoxy) is 1. The number of rotatable bonds is 7. The Balaban J connectivity index is 5.74. The quantitative estimate of drug-likeness (QED) is 0.443. The molecule has 0 aromatic heterocycles. The highest BCUT2D eigenvalue weighted by Crippen LogP contribution is 2.26. The number of carbonyl (C=O) groups is 1. The van der Waals surface area contributed by atoms with Gasteiger partial charge in [-0.1, -0.05) is 32.6 Å². The van der Waals surface area contributed by atoms with E-state index in [1.807, 2.05) is 19.2 Å². The largest absolute Gasteiger partial charge is 0.444 e. The summed E-state index contributed by atoms with van der Waals surface area (Å²) in [6.45, 7) is 12.0. The van der Waals surface area contributed by atoms with E-state index in [0.29, 0.717) is 6.21 Å². The first-order valence-electron chi connectivity index (χ1n) is 7.90. The molecule has 146 valence electrons. The second kappa shape index (κ2) is 9.84. The topological polar surface area (TPSA) is 74.2 Å². The van der Waals surface area contributed by atoms with Gasteiger partial charge in [0.2, 0.25) is 0 Å². The molecule has 1 amide bonds. The van der Waals surface area contributed by atoms with Gasteiger partial charge in [0.1, 0.15) is 11.3 Å². The molecule has 3 N–H and O–H groups in total. The number of carbonyl (C=O) groups excluding carboxylic acids is 1. The minimum absolute atomic E-state index is 0.0552. The number of nitrogens with one attached hydrogen (secondary N) is 3. The van der Waals surface area contributed by atoms with Gasteiger partial charge in [-0.05, 0) is 38.8 Å². The monoisotopic (exact) mass is 373 g/mol. The van der Waals surface area contributed by atoms with E-state index in [9.17, 15) is 18.0 Å². The Morgan fingerprint density at radius 1 is 1.19 bits per heavy atom. The SMILES string of the molecule is C=C/C(=C\C=C/C(C)C)N/C(=C(\C=N)NC(=O)OC(C)(C)C)C(F)(F)F. The molecule has 0 unspecified atom stereocenters. The summed E-state index contributed by atoms with van der Waals surface area (Å²) >= 11 is 0. The minimum Gasteiger partial charge on any atom is -0.444 e. The summed E-state index contributed by atoms with van der Waals surface area (Å²) in [6, 6.07) is 0.